The number of amides is 2. The van der Waals surface area contributed by atoms with Crippen molar-refractivity contribution in [3.8, 4) is 11.6 Å². The minimum absolute atomic E-state index is 0.0636. The first-order valence-corrected chi connectivity index (χ1v) is 13.7. The molecule has 10 heteroatoms. The van der Waals surface area contributed by atoms with Gasteiger partial charge in [0.1, 0.15) is 23.8 Å². The lowest BCUT2D eigenvalue weighted by molar-refractivity contribution is -0.108. The Bertz CT molecular complexity index is 1160. The van der Waals surface area contributed by atoms with Crippen LogP contribution in [0.3, 0.4) is 0 Å². The van der Waals surface area contributed by atoms with Gasteiger partial charge < -0.3 is 19.1 Å². The summed E-state index contributed by atoms with van der Waals surface area (Å²) >= 11 is 0. The highest BCUT2D eigenvalue weighted by atomic mass is 19.1. The van der Waals surface area contributed by atoms with Crippen LogP contribution < -0.4 is 9.47 Å². The summed E-state index contributed by atoms with van der Waals surface area (Å²) in [6.07, 6.45) is 2.01. The number of hydrogen-bond acceptors (Lipinski definition) is 7. The number of pyridine rings is 1. The predicted molar refractivity (Wildman–Crippen MR) is 149 cm³/mol. The first-order valence-electron chi connectivity index (χ1n) is 13.7. The van der Waals surface area contributed by atoms with Crippen LogP contribution >= 0.6 is 0 Å². The lowest BCUT2D eigenvalue weighted by Crippen LogP contribution is -2.41. The number of benzene rings is 1. The van der Waals surface area contributed by atoms with Gasteiger partial charge in [0.2, 0.25) is 5.88 Å². The van der Waals surface area contributed by atoms with E-state index in [9.17, 15) is 9.59 Å². The Hall–Kier alpha value is -3.40. The van der Waals surface area contributed by atoms with Crippen LogP contribution in [0.1, 0.15) is 81.4 Å². The molecule has 0 radical (unpaired) electrons. The van der Waals surface area contributed by atoms with Crippen LogP contribution in [0.4, 0.5) is 9.18 Å². The number of piperidine rings is 1. The zero-order chi connectivity index (χ0) is 29.4. The van der Waals surface area contributed by atoms with Gasteiger partial charge in [-0.1, -0.05) is 19.9 Å². The molecule has 1 aromatic heterocycles. The highest BCUT2D eigenvalue weighted by molar-refractivity contribution is 5.96. The molecule has 1 aromatic carbocycles. The fourth-order valence-electron chi connectivity index (χ4n) is 4.27. The van der Waals surface area contributed by atoms with E-state index >= 15 is 4.39 Å². The van der Waals surface area contributed by atoms with Gasteiger partial charge in [0.15, 0.2) is 0 Å². The van der Waals surface area contributed by atoms with E-state index in [1.54, 1.807) is 11.0 Å². The number of aromatic nitrogens is 1. The van der Waals surface area contributed by atoms with E-state index in [-0.39, 0.29) is 35.5 Å². The molecule has 1 fully saturated rings. The predicted octanol–water partition coefficient (Wildman–Crippen LogP) is 5.97. The largest absolute Gasteiger partial charge is 0.496 e. The van der Waals surface area contributed by atoms with E-state index in [0.29, 0.717) is 31.5 Å². The van der Waals surface area contributed by atoms with Crippen LogP contribution in [0.5, 0.6) is 11.6 Å². The zero-order valence-electron chi connectivity index (χ0n) is 24.7. The second kappa shape index (κ2) is 13.8. The molecule has 2 heterocycles. The second-order valence-corrected chi connectivity index (χ2v) is 11.4. The fraction of sp³-hybridized carbons (Fsp3) is 0.567. The average molecular weight is 560 g/mol. The van der Waals surface area contributed by atoms with Gasteiger partial charge >= 0.3 is 6.09 Å². The minimum atomic E-state index is -0.592. The lowest BCUT2D eigenvalue weighted by Gasteiger charge is -2.33. The number of ether oxygens (including phenoxy) is 3. The maximum absolute atomic E-state index is 15.0. The molecule has 2 aromatic rings. The SMILES string of the molecule is COc1cc(COc2cccc(C3CCN(C(=O)OC(C)(C)C)CC3)n2)c(F)cc1C(=O)N(C)OCCC(C)C. The van der Waals surface area contributed by atoms with Gasteiger partial charge in [-0.05, 0) is 64.2 Å². The lowest BCUT2D eigenvalue weighted by atomic mass is 9.93. The van der Waals surface area contributed by atoms with Crippen LogP contribution in [0, 0.1) is 11.7 Å². The fourth-order valence-corrected chi connectivity index (χ4v) is 4.27. The van der Waals surface area contributed by atoms with Crippen molar-refractivity contribution in [2.45, 2.75) is 72.0 Å². The monoisotopic (exact) mass is 559 g/mol. The highest BCUT2D eigenvalue weighted by Gasteiger charge is 2.28. The van der Waals surface area contributed by atoms with E-state index in [1.807, 2.05) is 32.9 Å². The highest BCUT2D eigenvalue weighted by Crippen LogP contribution is 2.30. The molecule has 1 saturated heterocycles. The molecule has 0 spiro atoms. The van der Waals surface area contributed by atoms with Crippen molar-refractivity contribution in [3.63, 3.8) is 0 Å². The number of halogens is 1. The number of rotatable bonds is 10. The first-order chi connectivity index (χ1) is 18.9. The molecule has 2 amide bonds. The average Bonchev–Trinajstić information content (AvgIpc) is 2.90. The van der Waals surface area contributed by atoms with Crippen molar-refractivity contribution in [1.82, 2.24) is 14.9 Å². The Morgan fingerprint density at radius 3 is 2.50 bits per heavy atom. The molecule has 3 rings (SSSR count). The molecular weight excluding hydrogens is 517 g/mol. The van der Waals surface area contributed by atoms with Gasteiger partial charge in [0.25, 0.3) is 5.91 Å². The Morgan fingerprint density at radius 1 is 1.18 bits per heavy atom. The smallest absolute Gasteiger partial charge is 0.410 e. The van der Waals surface area contributed by atoms with Crippen molar-refractivity contribution in [1.29, 1.82) is 0 Å². The normalized spacial score (nSPS) is 14.3. The third-order valence-corrected chi connectivity index (χ3v) is 6.55. The molecule has 1 aliphatic heterocycles. The Morgan fingerprint density at radius 2 is 1.88 bits per heavy atom. The van der Waals surface area contributed by atoms with Gasteiger partial charge in [-0.2, -0.15) is 0 Å². The van der Waals surface area contributed by atoms with Gasteiger partial charge in [-0.15, -0.1) is 0 Å². The van der Waals surface area contributed by atoms with Gasteiger partial charge in [0.05, 0.1) is 19.3 Å². The summed E-state index contributed by atoms with van der Waals surface area (Å²) in [6, 6.07) is 8.11. The van der Waals surface area contributed by atoms with E-state index < -0.39 is 17.3 Å². The summed E-state index contributed by atoms with van der Waals surface area (Å²) in [7, 11) is 2.92. The third kappa shape index (κ3) is 8.81. The topological polar surface area (TPSA) is 90.4 Å². The molecule has 9 nitrogen and oxygen atoms in total. The minimum Gasteiger partial charge on any atom is -0.496 e. The summed E-state index contributed by atoms with van der Waals surface area (Å²) in [5.41, 5.74) is 0.627. The van der Waals surface area contributed by atoms with Crippen molar-refractivity contribution >= 4 is 12.0 Å². The number of nitrogens with zero attached hydrogens (tertiary/aromatic N) is 3. The summed E-state index contributed by atoms with van der Waals surface area (Å²) < 4.78 is 31.7. The quantitative estimate of drug-likeness (QED) is 0.331. The summed E-state index contributed by atoms with van der Waals surface area (Å²) in [6.45, 7) is 11.1. The Balaban J connectivity index is 1.61. The Kier molecular flexibility index (Phi) is 10.7. The maximum Gasteiger partial charge on any atom is 0.410 e. The van der Waals surface area contributed by atoms with Crippen molar-refractivity contribution in [2.75, 3.05) is 33.9 Å². The molecule has 0 atom stereocenters. The molecule has 0 unspecified atom stereocenters. The number of methoxy groups -OCH3 is 1. The second-order valence-electron chi connectivity index (χ2n) is 11.4. The summed E-state index contributed by atoms with van der Waals surface area (Å²) in [5, 5.41) is 1.10. The van der Waals surface area contributed by atoms with Crippen molar-refractivity contribution in [3.05, 3.63) is 53.0 Å². The number of hydroxylamine groups is 2. The van der Waals surface area contributed by atoms with E-state index in [2.05, 4.69) is 18.8 Å². The number of likely N-dealkylation sites (tertiary alicyclic amines) is 1. The van der Waals surface area contributed by atoms with Crippen molar-refractivity contribution < 1.29 is 33.0 Å². The van der Waals surface area contributed by atoms with Crippen LogP contribution in [0.25, 0.3) is 0 Å². The number of carbonyl (C=O) groups excluding carboxylic acids is 2. The first kappa shape index (κ1) is 31.1. The van der Waals surface area contributed by atoms with Crippen LogP contribution in [0.2, 0.25) is 0 Å². The van der Waals surface area contributed by atoms with E-state index in [0.717, 1.165) is 36.1 Å². The summed E-state index contributed by atoms with van der Waals surface area (Å²) in [4.78, 5) is 37.0. The third-order valence-electron chi connectivity index (χ3n) is 6.55. The van der Waals surface area contributed by atoms with Gasteiger partial charge in [-0.3, -0.25) is 9.63 Å². The van der Waals surface area contributed by atoms with E-state index in [1.165, 1.54) is 20.2 Å². The van der Waals surface area contributed by atoms with Crippen LogP contribution in [-0.2, 0) is 16.2 Å². The summed E-state index contributed by atoms with van der Waals surface area (Å²) in [5.74, 6) is 0.0994. The van der Waals surface area contributed by atoms with Crippen LogP contribution in [-0.4, -0.2) is 66.4 Å². The molecule has 0 aliphatic carbocycles. The molecule has 220 valence electrons. The van der Waals surface area contributed by atoms with Crippen LogP contribution in [0.15, 0.2) is 30.3 Å². The van der Waals surface area contributed by atoms with E-state index in [4.69, 9.17) is 19.0 Å². The molecule has 0 saturated carbocycles. The molecular formula is C30H42FN3O6. The van der Waals surface area contributed by atoms with Gasteiger partial charge in [0, 0.05) is 43.4 Å². The maximum atomic E-state index is 15.0. The molecule has 1 aliphatic rings. The molecule has 0 bridgehead atoms. The molecule has 40 heavy (non-hydrogen) atoms. The standard InChI is InChI=1S/C30H42FN3O6/c1-20(2)13-16-39-33(6)28(35)23-18-24(31)22(17-26(23)37-7)19-38-27-10-8-9-25(32-27)21-11-14-34(15-12-21)29(36)40-30(3,4)5/h8-10,17-18,20-21H,11-16,19H2,1-7H3. The van der Waals surface area contributed by atoms with Crippen molar-refractivity contribution in [2.24, 2.45) is 5.92 Å². The number of hydrogen-bond donors (Lipinski definition) is 0. The number of carbonyl (C=O) groups is 2. The zero-order valence-corrected chi connectivity index (χ0v) is 24.7. The molecule has 0 N–H and O–H groups in total. The van der Waals surface area contributed by atoms with Gasteiger partial charge in [-0.25, -0.2) is 19.2 Å². The Labute approximate surface area is 236 Å².